The monoisotopic (exact) mass is 278 g/mol. The van der Waals surface area contributed by atoms with E-state index in [1.165, 1.54) is 7.11 Å². The molecule has 0 amide bonds. The molecule has 114 valence electrons. The highest BCUT2D eigenvalue weighted by molar-refractivity contribution is 4.91. The summed E-state index contributed by atoms with van der Waals surface area (Å²) in [6.45, 7) is 5.61. The summed E-state index contributed by atoms with van der Waals surface area (Å²) in [7, 11) is 1.41. The maximum atomic E-state index is 10.1. The first kappa shape index (κ1) is 16.8. The van der Waals surface area contributed by atoms with Gasteiger partial charge in [-0.1, -0.05) is 6.92 Å². The summed E-state index contributed by atoms with van der Waals surface area (Å²) in [5, 5.41) is 29.3. The van der Waals surface area contributed by atoms with Gasteiger partial charge in [0.2, 0.25) is 0 Å². The molecule has 1 rings (SSSR count). The Labute approximate surface area is 114 Å². The Bertz CT molecular complexity index is 272. The van der Waals surface area contributed by atoms with Crippen molar-refractivity contribution >= 4 is 0 Å². The largest absolute Gasteiger partial charge is 0.393 e. The van der Waals surface area contributed by atoms with Gasteiger partial charge in [-0.3, -0.25) is 0 Å². The number of hydrogen-bond donors (Lipinski definition) is 3. The average molecular weight is 278 g/mol. The molecule has 3 N–H and O–H groups in total. The van der Waals surface area contributed by atoms with Gasteiger partial charge in [-0.25, -0.2) is 0 Å². The van der Waals surface area contributed by atoms with Crippen molar-refractivity contribution < 1.29 is 29.5 Å². The van der Waals surface area contributed by atoms with Gasteiger partial charge in [0.05, 0.1) is 18.8 Å². The first-order chi connectivity index (χ1) is 8.85. The fourth-order valence-electron chi connectivity index (χ4n) is 2.47. The second-order valence-electron chi connectivity index (χ2n) is 5.22. The molecule has 1 aliphatic heterocycles. The van der Waals surface area contributed by atoms with Crippen molar-refractivity contribution in [1.29, 1.82) is 0 Å². The quantitative estimate of drug-likeness (QED) is 0.645. The molecule has 6 unspecified atom stereocenters. The number of aliphatic hydroxyl groups excluding tert-OH is 3. The van der Waals surface area contributed by atoms with Crippen molar-refractivity contribution in [3.05, 3.63) is 0 Å². The fraction of sp³-hybridized carbons (Fsp3) is 1.00. The number of rotatable bonds is 6. The molecule has 0 aromatic rings. The standard InChI is InChI=1S/C13H26O6/c1-5-9-10(15)11(16)12(17-4)19-13(9,3)18-7-6-8(2)14/h8-12,14-16H,5-7H2,1-4H3. The van der Waals surface area contributed by atoms with Crippen LogP contribution in [0.5, 0.6) is 0 Å². The Hall–Kier alpha value is -0.240. The summed E-state index contributed by atoms with van der Waals surface area (Å²) >= 11 is 0. The van der Waals surface area contributed by atoms with Gasteiger partial charge in [-0.15, -0.1) is 0 Å². The number of aliphatic hydroxyl groups is 3. The molecule has 0 aromatic heterocycles. The molecule has 0 radical (unpaired) electrons. The van der Waals surface area contributed by atoms with Crippen molar-refractivity contribution in [2.75, 3.05) is 13.7 Å². The van der Waals surface area contributed by atoms with Gasteiger partial charge in [0.15, 0.2) is 12.1 Å². The highest BCUT2D eigenvalue weighted by Crippen LogP contribution is 2.38. The average Bonchev–Trinajstić information content (AvgIpc) is 2.34. The molecule has 1 aliphatic rings. The molecule has 6 nitrogen and oxygen atoms in total. The van der Waals surface area contributed by atoms with Gasteiger partial charge in [-0.05, 0) is 26.7 Å². The fourth-order valence-corrected chi connectivity index (χ4v) is 2.47. The Morgan fingerprint density at radius 3 is 2.42 bits per heavy atom. The third-order valence-corrected chi connectivity index (χ3v) is 3.66. The summed E-state index contributed by atoms with van der Waals surface area (Å²) in [6, 6.07) is 0. The molecular formula is C13H26O6. The molecule has 0 spiro atoms. The Morgan fingerprint density at radius 1 is 1.32 bits per heavy atom. The summed E-state index contributed by atoms with van der Waals surface area (Å²) < 4.78 is 16.4. The summed E-state index contributed by atoms with van der Waals surface area (Å²) in [6.07, 6.45) is -2.37. The van der Waals surface area contributed by atoms with Gasteiger partial charge < -0.3 is 29.5 Å². The van der Waals surface area contributed by atoms with E-state index in [0.717, 1.165) is 0 Å². The highest BCUT2D eigenvalue weighted by Gasteiger charge is 2.51. The number of ether oxygens (including phenoxy) is 3. The molecule has 1 fully saturated rings. The van der Waals surface area contributed by atoms with E-state index in [-0.39, 0.29) is 5.92 Å². The van der Waals surface area contributed by atoms with Crippen molar-refractivity contribution in [1.82, 2.24) is 0 Å². The van der Waals surface area contributed by atoms with Gasteiger partial charge in [0.25, 0.3) is 0 Å². The van der Waals surface area contributed by atoms with Crippen molar-refractivity contribution in [2.24, 2.45) is 5.92 Å². The van der Waals surface area contributed by atoms with Gasteiger partial charge >= 0.3 is 0 Å². The van der Waals surface area contributed by atoms with Crippen LogP contribution in [0.1, 0.15) is 33.6 Å². The molecular weight excluding hydrogens is 252 g/mol. The van der Waals surface area contributed by atoms with Gasteiger partial charge in [-0.2, -0.15) is 0 Å². The van der Waals surface area contributed by atoms with Crippen molar-refractivity contribution in [3.8, 4) is 0 Å². The SMILES string of the molecule is CCC1C(O)C(O)C(OC)OC1(C)OCCC(C)O. The molecule has 0 aliphatic carbocycles. The predicted molar refractivity (Wildman–Crippen MR) is 68.3 cm³/mol. The molecule has 6 atom stereocenters. The number of methoxy groups -OCH3 is 1. The molecule has 1 saturated heterocycles. The van der Waals surface area contributed by atoms with E-state index >= 15 is 0 Å². The van der Waals surface area contributed by atoms with Gasteiger partial charge in [0.1, 0.15) is 6.10 Å². The van der Waals surface area contributed by atoms with E-state index in [4.69, 9.17) is 14.2 Å². The Morgan fingerprint density at radius 2 is 1.95 bits per heavy atom. The van der Waals surface area contributed by atoms with Crippen LogP contribution >= 0.6 is 0 Å². The van der Waals surface area contributed by atoms with Gasteiger partial charge in [0, 0.05) is 13.0 Å². The zero-order chi connectivity index (χ0) is 14.6. The van der Waals surface area contributed by atoms with Crippen LogP contribution in [0.2, 0.25) is 0 Å². The van der Waals surface area contributed by atoms with Crippen LogP contribution in [-0.2, 0) is 14.2 Å². The van der Waals surface area contributed by atoms with E-state index in [0.29, 0.717) is 19.4 Å². The minimum Gasteiger partial charge on any atom is -0.393 e. The van der Waals surface area contributed by atoms with Crippen molar-refractivity contribution in [2.45, 2.75) is 64.0 Å². The van der Waals surface area contributed by atoms with Crippen LogP contribution in [0.15, 0.2) is 0 Å². The zero-order valence-corrected chi connectivity index (χ0v) is 12.1. The van der Waals surface area contributed by atoms with E-state index in [9.17, 15) is 15.3 Å². The summed E-state index contributed by atoms with van der Waals surface area (Å²) in [4.78, 5) is 0. The van der Waals surface area contributed by atoms with E-state index in [1.54, 1.807) is 13.8 Å². The van der Waals surface area contributed by atoms with Crippen LogP contribution in [0, 0.1) is 5.92 Å². The van der Waals surface area contributed by atoms with Crippen molar-refractivity contribution in [3.63, 3.8) is 0 Å². The topological polar surface area (TPSA) is 88.4 Å². The molecule has 19 heavy (non-hydrogen) atoms. The number of hydrogen-bond acceptors (Lipinski definition) is 6. The summed E-state index contributed by atoms with van der Waals surface area (Å²) in [5.74, 6) is -1.40. The lowest BCUT2D eigenvalue weighted by Gasteiger charge is -2.48. The predicted octanol–water partition coefficient (Wildman–Crippen LogP) is 0.241. The highest BCUT2D eigenvalue weighted by atomic mass is 16.8. The van der Waals surface area contributed by atoms with Crippen LogP contribution in [0.3, 0.4) is 0 Å². The molecule has 0 aromatic carbocycles. The molecule has 6 heteroatoms. The van der Waals surface area contributed by atoms with E-state index in [1.807, 2.05) is 6.92 Å². The zero-order valence-electron chi connectivity index (χ0n) is 12.1. The third-order valence-electron chi connectivity index (χ3n) is 3.66. The normalized spacial score (nSPS) is 41.2. The second kappa shape index (κ2) is 6.97. The van der Waals surface area contributed by atoms with Crippen LogP contribution in [0.4, 0.5) is 0 Å². The summed E-state index contributed by atoms with van der Waals surface area (Å²) in [5.41, 5.74) is 0. The lowest BCUT2D eigenvalue weighted by atomic mass is 9.85. The van der Waals surface area contributed by atoms with Crippen LogP contribution in [-0.4, -0.2) is 59.4 Å². The Balaban J connectivity index is 2.75. The molecule has 0 saturated carbocycles. The first-order valence-corrected chi connectivity index (χ1v) is 6.74. The third kappa shape index (κ3) is 3.87. The lowest BCUT2D eigenvalue weighted by Crippen LogP contribution is -2.61. The smallest absolute Gasteiger partial charge is 0.188 e. The molecule has 0 bridgehead atoms. The minimum atomic E-state index is -1.09. The lowest BCUT2D eigenvalue weighted by molar-refractivity contribution is -0.383. The van der Waals surface area contributed by atoms with Crippen LogP contribution in [0.25, 0.3) is 0 Å². The maximum absolute atomic E-state index is 10.1. The maximum Gasteiger partial charge on any atom is 0.188 e. The second-order valence-corrected chi connectivity index (χ2v) is 5.22. The van der Waals surface area contributed by atoms with Crippen LogP contribution < -0.4 is 0 Å². The minimum absolute atomic E-state index is 0.309. The molecule has 1 heterocycles. The van der Waals surface area contributed by atoms with E-state index in [2.05, 4.69) is 0 Å². The Kier molecular flexibility index (Phi) is 6.16. The first-order valence-electron chi connectivity index (χ1n) is 6.74. The van der Waals surface area contributed by atoms with E-state index < -0.39 is 30.4 Å².